The molecule has 1 amide bonds. The molecule has 0 radical (unpaired) electrons. The molecule has 0 spiro atoms. The predicted molar refractivity (Wildman–Crippen MR) is 101 cm³/mol. The molecule has 2 saturated heterocycles. The van der Waals surface area contributed by atoms with E-state index in [2.05, 4.69) is 18.7 Å². The van der Waals surface area contributed by atoms with Crippen LogP contribution < -0.4 is 0 Å². The van der Waals surface area contributed by atoms with Crippen LogP contribution in [-0.4, -0.2) is 60.1 Å². The van der Waals surface area contributed by atoms with Gasteiger partial charge in [0.1, 0.15) is 11.4 Å². The Morgan fingerprint density at radius 1 is 1.26 bits per heavy atom. The van der Waals surface area contributed by atoms with Crippen molar-refractivity contribution in [1.82, 2.24) is 9.80 Å². The Bertz CT molecular complexity index is 839. The number of benzene rings is 1. The van der Waals surface area contributed by atoms with Crippen LogP contribution in [0.25, 0.3) is 11.0 Å². The third-order valence-corrected chi connectivity index (χ3v) is 5.69. The lowest BCUT2D eigenvalue weighted by Gasteiger charge is -2.38. The third kappa shape index (κ3) is 3.60. The summed E-state index contributed by atoms with van der Waals surface area (Å²) in [6.07, 6.45) is 2.43. The van der Waals surface area contributed by atoms with E-state index in [-0.39, 0.29) is 30.0 Å². The van der Waals surface area contributed by atoms with Crippen LogP contribution in [0, 0.1) is 12.7 Å². The van der Waals surface area contributed by atoms with Crippen LogP contribution in [-0.2, 0) is 4.74 Å². The fraction of sp³-hybridized carbons (Fsp3) is 0.571. The van der Waals surface area contributed by atoms with Crippen molar-refractivity contribution in [2.24, 2.45) is 0 Å². The minimum Gasteiger partial charge on any atom is -0.451 e. The molecule has 3 unspecified atom stereocenters. The first-order chi connectivity index (χ1) is 12.9. The normalized spacial score (nSPS) is 26.8. The van der Waals surface area contributed by atoms with Crippen molar-refractivity contribution in [3.8, 4) is 0 Å². The summed E-state index contributed by atoms with van der Waals surface area (Å²) in [5.74, 6) is -0.0628. The number of aryl methyl sites for hydroxylation is 1. The van der Waals surface area contributed by atoms with Crippen LogP contribution in [0.15, 0.2) is 22.6 Å². The van der Waals surface area contributed by atoms with Gasteiger partial charge in [0.25, 0.3) is 5.91 Å². The number of likely N-dealkylation sites (tertiary alicyclic amines) is 1. The molecule has 1 aromatic carbocycles. The molecular formula is C21H27FN2O3. The van der Waals surface area contributed by atoms with E-state index >= 15 is 0 Å². The molecule has 5 nitrogen and oxygen atoms in total. The Morgan fingerprint density at radius 3 is 2.74 bits per heavy atom. The Kier molecular flexibility index (Phi) is 4.95. The van der Waals surface area contributed by atoms with Crippen molar-refractivity contribution in [3.05, 3.63) is 35.3 Å². The van der Waals surface area contributed by atoms with Gasteiger partial charge < -0.3 is 14.1 Å². The van der Waals surface area contributed by atoms with Gasteiger partial charge >= 0.3 is 0 Å². The van der Waals surface area contributed by atoms with Crippen LogP contribution >= 0.6 is 0 Å². The topological polar surface area (TPSA) is 45.9 Å². The van der Waals surface area contributed by atoms with Gasteiger partial charge in [-0.3, -0.25) is 9.69 Å². The van der Waals surface area contributed by atoms with E-state index in [1.54, 1.807) is 6.07 Å². The maximum absolute atomic E-state index is 13.6. The summed E-state index contributed by atoms with van der Waals surface area (Å²) in [5, 5.41) is 0.671. The van der Waals surface area contributed by atoms with E-state index in [4.69, 9.17) is 9.15 Å². The van der Waals surface area contributed by atoms with Gasteiger partial charge in [-0.25, -0.2) is 4.39 Å². The second-order valence-corrected chi connectivity index (χ2v) is 7.97. The smallest absolute Gasteiger partial charge is 0.290 e. The quantitative estimate of drug-likeness (QED) is 0.824. The van der Waals surface area contributed by atoms with Crippen molar-refractivity contribution in [3.63, 3.8) is 0 Å². The van der Waals surface area contributed by atoms with Crippen LogP contribution in [0.3, 0.4) is 0 Å². The highest BCUT2D eigenvalue weighted by molar-refractivity contribution is 5.99. The summed E-state index contributed by atoms with van der Waals surface area (Å²) in [4.78, 5) is 17.5. The zero-order valence-electron chi connectivity index (χ0n) is 16.2. The number of morpholine rings is 1. The number of hydrogen-bond acceptors (Lipinski definition) is 4. The molecule has 4 rings (SSSR count). The number of furan rings is 1. The van der Waals surface area contributed by atoms with Crippen LogP contribution in [0.2, 0.25) is 0 Å². The highest BCUT2D eigenvalue weighted by Crippen LogP contribution is 2.29. The van der Waals surface area contributed by atoms with Crippen molar-refractivity contribution >= 4 is 16.9 Å². The Hall–Kier alpha value is -1.92. The molecule has 2 aliphatic heterocycles. The number of carbonyl (C=O) groups is 1. The zero-order valence-corrected chi connectivity index (χ0v) is 16.2. The van der Waals surface area contributed by atoms with Crippen molar-refractivity contribution in [1.29, 1.82) is 0 Å². The van der Waals surface area contributed by atoms with Crippen molar-refractivity contribution in [2.75, 3.05) is 26.2 Å². The zero-order chi connectivity index (χ0) is 19.1. The highest BCUT2D eigenvalue weighted by atomic mass is 19.1. The van der Waals surface area contributed by atoms with Crippen LogP contribution in [0.4, 0.5) is 4.39 Å². The number of nitrogens with zero attached hydrogens (tertiary/aromatic N) is 2. The van der Waals surface area contributed by atoms with E-state index in [1.165, 1.54) is 12.1 Å². The minimum atomic E-state index is -0.319. The Labute approximate surface area is 159 Å². The maximum Gasteiger partial charge on any atom is 0.290 e. The Morgan fingerprint density at radius 2 is 2.00 bits per heavy atom. The molecule has 3 atom stereocenters. The lowest BCUT2D eigenvalue weighted by atomic mass is 10.1. The average Bonchev–Trinajstić information content (AvgIpc) is 3.18. The van der Waals surface area contributed by atoms with E-state index in [9.17, 15) is 9.18 Å². The molecule has 27 heavy (non-hydrogen) atoms. The van der Waals surface area contributed by atoms with Gasteiger partial charge in [-0.2, -0.15) is 0 Å². The maximum atomic E-state index is 13.6. The third-order valence-electron chi connectivity index (χ3n) is 5.69. The van der Waals surface area contributed by atoms with Gasteiger partial charge in [0.15, 0.2) is 5.76 Å². The molecule has 2 fully saturated rings. The lowest BCUT2D eigenvalue weighted by molar-refractivity contribution is -0.0715. The predicted octanol–water partition coefficient (Wildman–Crippen LogP) is 3.59. The lowest BCUT2D eigenvalue weighted by Crippen LogP contribution is -2.50. The number of halogens is 1. The van der Waals surface area contributed by atoms with Gasteiger partial charge in [-0.15, -0.1) is 0 Å². The van der Waals surface area contributed by atoms with Gasteiger partial charge in [0.05, 0.1) is 12.2 Å². The number of ether oxygens (including phenoxy) is 1. The summed E-state index contributed by atoms with van der Waals surface area (Å²) >= 11 is 0. The first-order valence-electron chi connectivity index (χ1n) is 9.80. The number of rotatable bonds is 3. The highest BCUT2D eigenvalue weighted by Gasteiger charge is 2.35. The molecule has 146 valence electrons. The van der Waals surface area contributed by atoms with Crippen LogP contribution in [0.5, 0.6) is 0 Å². The molecule has 2 aliphatic rings. The molecule has 2 aromatic rings. The standard InChI is InChI=1S/C21H27FN2O3/c1-13-10-23(11-14(2)26-13)12-17-5-4-8-24(17)21(25)20-15(3)18-9-16(22)6-7-19(18)27-20/h6-7,9,13-14,17H,4-5,8,10-12H2,1-3H3. The fourth-order valence-electron chi connectivity index (χ4n) is 4.55. The van der Waals surface area contributed by atoms with E-state index in [0.29, 0.717) is 22.3 Å². The van der Waals surface area contributed by atoms with Gasteiger partial charge in [-0.1, -0.05) is 0 Å². The number of amides is 1. The molecule has 0 aliphatic carbocycles. The van der Waals surface area contributed by atoms with Crippen molar-refractivity contribution in [2.45, 2.75) is 51.9 Å². The number of hydrogen-bond donors (Lipinski definition) is 0. The molecule has 1 aromatic heterocycles. The van der Waals surface area contributed by atoms with Gasteiger partial charge in [-0.05, 0) is 51.8 Å². The monoisotopic (exact) mass is 374 g/mol. The number of carbonyl (C=O) groups excluding carboxylic acids is 1. The molecule has 0 saturated carbocycles. The van der Waals surface area contributed by atoms with Crippen LogP contribution in [0.1, 0.15) is 42.8 Å². The first kappa shape index (κ1) is 18.4. The molecule has 6 heteroatoms. The molecule has 3 heterocycles. The summed E-state index contributed by atoms with van der Waals surface area (Å²) in [6, 6.07) is 4.56. The summed E-state index contributed by atoms with van der Waals surface area (Å²) in [5.41, 5.74) is 1.28. The molecule has 0 N–H and O–H groups in total. The van der Waals surface area contributed by atoms with Gasteiger partial charge in [0.2, 0.25) is 0 Å². The second-order valence-electron chi connectivity index (χ2n) is 7.97. The van der Waals surface area contributed by atoms with Crippen molar-refractivity contribution < 1.29 is 18.3 Å². The fourth-order valence-corrected chi connectivity index (χ4v) is 4.55. The minimum absolute atomic E-state index is 0.0824. The summed E-state index contributed by atoms with van der Waals surface area (Å²) < 4.78 is 25.2. The largest absolute Gasteiger partial charge is 0.451 e. The van der Waals surface area contributed by atoms with E-state index in [1.807, 2.05) is 11.8 Å². The van der Waals surface area contributed by atoms with E-state index in [0.717, 1.165) is 39.0 Å². The molecular weight excluding hydrogens is 347 g/mol. The van der Waals surface area contributed by atoms with E-state index < -0.39 is 0 Å². The van der Waals surface area contributed by atoms with Gasteiger partial charge in [0, 0.05) is 43.2 Å². The SMILES string of the molecule is Cc1c(C(=O)N2CCCC2CN2CC(C)OC(C)C2)oc2ccc(F)cc12. The summed E-state index contributed by atoms with van der Waals surface area (Å²) in [6.45, 7) is 9.41. The molecule has 0 bridgehead atoms. The second kappa shape index (κ2) is 7.24. The summed E-state index contributed by atoms with van der Waals surface area (Å²) in [7, 11) is 0. The first-order valence-corrected chi connectivity index (χ1v) is 9.80. The average molecular weight is 374 g/mol. The number of fused-ring (bicyclic) bond motifs is 1. The Balaban J connectivity index is 1.53.